The molecule has 0 radical (unpaired) electrons. The molecule has 2 unspecified atom stereocenters. The van der Waals surface area contributed by atoms with Gasteiger partial charge in [0.1, 0.15) is 5.76 Å². The minimum absolute atomic E-state index is 0. The molecule has 2 atom stereocenters. The Morgan fingerprint density at radius 1 is 1.25 bits per heavy atom. The van der Waals surface area contributed by atoms with Crippen molar-refractivity contribution in [3.8, 4) is 0 Å². The van der Waals surface area contributed by atoms with Crippen LogP contribution in [0.25, 0.3) is 0 Å². The molecular formula is C18H31IN4O. The van der Waals surface area contributed by atoms with Crippen molar-refractivity contribution in [2.45, 2.75) is 71.9 Å². The molecule has 0 saturated heterocycles. The minimum Gasteiger partial charge on any atom is -0.361 e. The van der Waals surface area contributed by atoms with Crippen molar-refractivity contribution < 1.29 is 4.52 Å². The lowest BCUT2D eigenvalue weighted by molar-refractivity contribution is 0.315. The second-order valence-electron chi connectivity index (χ2n) is 7.05. The van der Waals surface area contributed by atoms with E-state index < -0.39 is 0 Å². The summed E-state index contributed by atoms with van der Waals surface area (Å²) in [7, 11) is 0. The first-order chi connectivity index (χ1) is 11.2. The second kappa shape index (κ2) is 9.06. The maximum Gasteiger partial charge on any atom is 0.191 e. The molecule has 2 aliphatic carbocycles. The summed E-state index contributed by atoms with van der Waals surface area (Å²) in [4.78, 5) is 4.73. The van der Waals surface area contributed by atoms with Crippen LogP contribution < -0.4 is 10.6 Å². The summed E-state index contributed by atoms with van der Waals surface area (Å²) in [5.41, 5.74) is 2.04. The van der Waals surface area contributed by atoms with Crippen LogP contribution in [0.15, 0.2) is 9.52 Å². The van der Waals surface area contributed by atoms with Crippen molar-refractivity contribution in [3.05, 3.63) is 17.0 Å². The van der Waals surface area contributed by atoms with Crippen molar-refractivity contribution >= 4 is 29.9 Å². The van der Waals surface area contributed by atoms with Crippen LogP contribution in [0.5, 0.6) is 0 Å². The number of aromatic nitrogens is 1. The Balaban J connectivity index is 0.00000208. The standard InChI is InChI=1S/C18H30N4O.HI/c1-4-19-18(20-11-16-12(2)22-23-13(16)3)21-17-10-15(17)14-8-6-5-7-9-14;/h14-15,17H,4-11H2,1-3H3,(H2,19,20,21);1H. The second-order valence-corrected chi connectivity index (χ2v) is 7.05. The topological polar surface area (TPSA) is 62.5 Å². The summed E-state index contributed by atoms with van der Waals surface area (Å²) >= 11 is 0. The van der Waals surface area contributed by atoms with Crippen molar-refractivity contribution in [1.82, 2.24) is 15.8 Å². The molecule has 1 aromatic rings. The van der Waals surface area contributed by atoms with Crippen LogP contribution in [-0.2, 0) is 6.54 Å². The molecule has 1 heterocycles. The minimum atomic E-state index is 0. The molecule has 2 aliphatic rings. The predicted molar refractivity (Wildman–Crippen MR) is 108 cm³/mol. The van der Waals surface area contributed by atoms with E-state index in [0.29, 0.717) is 12.6 Å². The van der Waals surface area contributed by atoms with E-state index in [1.54, 1.807) is 0 Å². The number of nitrogens with zero attached hydrogens (tertiary/aromatic N) is 2. The fourth-order valence-corrected chi connectivity index (χ4v) is 3.85. The van der Waals surface area contributed by atoms with Gasteiger partial charge in [-0.25, -0.2) is 4.99 Å². The van der Waals surface area contributed by atoms with E-state index in [0.717, 1.165) is 41.4 Å². The third kappa shape index (κ3) is 4.86. The van der Waals surface area contributed by atoms with Crippen LogP contribution in [-0.4, -0.2) is 23.7 Å². The Labute approximate surface area is 162 Å². The monoisotopic (exact) mass is 446 g/mol. The lowest BCUT2D eigenvalue weighted by Gasteiger charge is -2.22. The fourth-order valence-electron chi connectivity index (χ4n) is 3.85. The SMILES string of the molecule is CCNC(=NCc1c(C)noc1C)NC1CC1C1CCCCC1.I. The zero-order valence-corrected chi connectivity index (χ0v) is 17.4. The quantitative estimate of drug-likeness (QED) is 0.409. The van der Waals surface area contributed by atoms with Gasteiger partial charge in [0, 0.05) is 18.2 Å². The summed E-state index contributed by atoms with van der Waals surface area (Å²) in [6.07, 6.45) is 8.44. The molecule has 0 aromatic carbocycles. The van der Waals surface area contributed by atoms with Crippen LogP contribution in [0.3, 0.4) is 0 Å². The van der Waals surface area contributed by atoms with E-state index >= 15 is 0 Å². The van der Waals surface area contributed by atoms with E-state index in [1.807, 2.05) is 13.8 Å². The molecular weight excluding hydrogens is 415 g/mol. The first-order valence-electron chi connectivity index (χ1n) is 9.15. The lowest BCUT2D eigenvalue weighted by atomic mass is 9.85. The average molecular weight is 446 g/mol. The van der Waals surface area contributed by atoms with Gasteiger partial charge in [-0.1, -0.05) is 37.3 Å². The summed E-state index contributed by atoms with van der Waals surface area (Å²) < 4.78 is 5.22. The van der Waals surface area contributed by atoms with Crippen molar-refractivity contribution in [2.24, 2.45) is 16.8 Å². The van der Waals surface area contributed by atoms with E-state index in [1.165, 1.54) is 38.5 Å². The van der Waals surface area contributed by atoms with Gasteiger partial charge < -0.3 is 15.2 Å². The molecule has 0 aliphatic heterocycles. The van der Waals surface area contributed by atoms with Gasteiger partial charge in [-0.3, -0.25) is 0 Å². The molecule has 1 aromatic heterocycles. The summed E-state index contributed by atoms with van der Waals surface area (Å²) in [5, 5.41) is 11.0. The molecule has 0 spiro atoms. The first kappa shape index (κ1) is 19.5. The number of guanidine groups is 1. The van der Waals surface area contributed by atoms with Gasteiger partial charge in [-0.05, 0) is 39.0 Å². The highest BCUT2D eigenvalue weighted by molar-refractivity contribution is 14.0. The molecule has 2 saturated carbocycles. The number of hydrogen-bond acceptors (Lipinski definition) is 3. The van der Waals surface area contributed by atoms with Crippen molar-refractivity contribution in [3.63, 3.8) is 0 Å². The van der Waals surface area contributed by atoms with Gasteiger partial charge in [0.25, 0.3) is 0 Å². The molecule has 2 fully saturated rings. The maximum atomic E-state index is 5.22. The Hall–Kier alpha value is -0.790. The highest BCUT2D eigenvalue weighted by Crippen LogP contribution is 2.44. The largest absolute Gasteiger partial charge is 0.361 e. The van der Waals surface area contributed by atoms with Crippen LogP contribution in [0, 0.1) is 25.7 Å². The number of hydrogen-bond donors (Lipinski definition) is 2. The van der Waals surface area contributed by atoms with E-state index in [4.69, 9.17) is 9.52 Å². The van der Waals surface area contributed by atoms with Crippen molar-refractivity contribution in [1.29, 1.82) is 0 Å². The smallest absolute Gasteiger partial charge is 0.191 e. The Kier molecular flexibility index (Phi) is 7.37. The van der Waals surface area contributed by atoms with Gasteiger partial charge in [-0.2, -0.15) is 0 Å². The molecule has 6 heteroatoms. The molecule has 3 rings (SSSR count). The number of halogens is 1. The van der Waals surface area contributed by atoms with Crippen LogP contribution >= 0.6 is 24.0 Å². The maximum absolute atomic E-state index is 5.22. The molecule has 0 bridgehead atoms. The zero-order valence-electron chi connectivity index (χ0n) is 15.1. The first-order valence-corrected chi connectivity index (χ1v) is 9.15. The molecule has 136 valence electrons. The van der Waals surface area contributed by atoms with Crippen LogP contribution in [0.1, 0.15) is 62.5 Å². The van der Waals surface area contributed by atoms with Crippen LogP contribution in [0.2, 0.25) is 0 Å². The lowest BCUT2D eigenvalue weighted by Crippen LogP contribution is -2.39. The van der Waals surface area contributed by atoms with Gasteiger partial charge in [0.15, 0.2) is 5.96 Å². The number of rotatable bonds is 5. The normalized spacial score (nSPS) is 24.4. The van der Waals surface area contributed by atoms with Crippen molar-refractivity contribution in [2.75, 3.05) is 6.54 Å². The zero-order chi connectivity index (χ0) is 16.2. The average Bonchev–Trinajstić information content (AvgIpc) is 3.25. The fraction of sp³-hybridized carbons (Fsp3) is 0.778. The summed E-state index contributed by atoms with van der Waals surface area (Å²) in [5.74, 6) is 3.59. The summed E-state index contributed by atoms with van der Waals surface area (Å²) in [6, 6.07) is 0.612. The third-order valence-corrected chi connectivity index (χ3v) is 5.34. The molecule has 2 N–H and O–H groups in total. The van der Waals surface area contributed by atoms with Crippen LogP contribution in [0.4, 0.5) is 0 Å². The molecule has 0 amide bonds. The number of aliphatic imine (C=N–C) groups is 1. The summed E-state index contributed by atoms with van der Waals surface area (Å²) in [6.45, 7) is 7.54. The Morgan fingerprint density at radius 2 is 2.00 bits per heavy atom. The predicted octanol–water partition coefficient (Wildman–Crippen LogP) is 3.93. The van der Waals surface area contributed by atoms with Gasteiger partial charge >= 0.3 is 0 Å². The van der Waals surface area contributed by atoms with Gasteiger partial charge in [0.05, 0.1) is 12.2 Å². The van der Waals surface area contributed by atoms with Gasteiger partial charge in [-0.15, -0.1) is 24.0 Å². The third-order valence-electron chi connectivity index (χ3n) is 5.34. The molecule has 5 nitrogen and oxygen atoms in total. The van der Waals surface area contributed by atoms with E-state index in [2.05, 4.69) is 22.7 Å². The number of nitrogens with one attached hydrogen (secondary N) is 2. The Morgan fingerprint density at radius 3 is 2.62 bits per heavy atom. The Bertz CT molecular complexity index is 532. The van der Waals surface area contributed by atoms with E-state index in [-0.39, 0.29) is 24.0 Å². The molecule has 24 heavy (non-hydrogen) atoms. The van der Waals surface area contributed by atoms with E-state index in [9.17, 15) is 0 Å². The number of aryl methyl sites for hydroxylation is 2. The highest BCUT2D eigenvalue weighted by Gasteiger charge is 2.43. The van der Waals surface area contributed by atoms with Gasteiger partial charge in [0.2, 0.25) is 0 Å². The highest BCUT2D eigenvalue weighted by atomic mass is 127.